The van der Waals surface area contributed by atoms with Crippen molar-refractivity contribution in [2.45, 2.75) is 33.2 Å². The summed E-state index contributed by atoms with van der Waals surface area (Å²) >= 11 is 1.53. The van der Waals surface area contributed by atoms with E-state index in [-0.39, 0.29) is 11.9 Å². The van der Waals surface area contributed by atoms with Gasteiger partial charge in [0, 0.05) is 16.6 Å². The molecule has 1 atom stereocenters. The van der Waals surface area contributed by atoms with Gasteiger partial charge in [0.05, 0.1) is 18.3 Å². The summed E-state index contributed by atoms with van der Waals surface area (Å²) in [5.41, 5.74) is 1.46. The molecular formula is C16H19NO3S. The summed E-state index contributed by atoms with van der Waals surface area (Å²) in [6.07, 6.45) is 2.59. The van der Waals surface area contributed by atoms with Gasteiger partial charge in [0.15, 0.2) is 0 Å². The molecule has 21 heavy (non-hydrogen) atoms. The average molecular weight is 305 g/mol. The average Bonchev–Trinajstić information content (AvgIpc) is 3.06. The van der Waals surface area contributed by atoms with Crippen LogP contribution in [-0.2, 0) is 14.3 Å². The second-order valence-electron chi connectivity index (χ2n) is 4.96. The number of methoxy groups -OCH3 is 1. The van der Waals surface area contributed by atoms with Gasteiger partial charge in [-0.25, -0.2) is 4.79 Å². The maximum atomic E-state index is 12.7. The van der Waals surface area contributed by atoms with E-state index in [0.29, 0.717) is 16.8 Å². The summed E-state index contributed by atoms with van der Waals surface area (Å²) in [4.78, 5) is 27.4. The zero-order valence-electron chi connectivity index (χ0n) is 12.7. The minimum atomic E-state index is -0.463. The van der Waals surface area contributed by atoms with Crippen LogP contribution in [0.4, 0.5) is 0 Å². The summed E-state index contributed by atoms with van der Waals surface area (Å²) in [5.74, 6) is -0.592. The van der Waals surface area contributed by atoms with E-state index in [1.807, 2.05) is 31.4 Å². The van der Waals surface area contributed by atoms with Crippen molar-refractivity contribution >= 4 is 29.3 Å². The number of allylic oxidation sites excluding steroid dienone is 1. The van der Waals surface area contributed by atoms with E-state index in [1.54, 1.807) is 17.9 Å². The summed E-state index contributed by atoms with van der Waals surface area (Å²) < 4.78 is 4.85. The normalized spacial score (nSPS) is 18.6. The second kappa shape index (κ2) is 6.26. The Balaban J connectivity index is 2.53. The van der Waals surface area contributed by atoms with Gasteiger partial charge in [0.2, 0.25) is 0 Å². The Hall–Kier alpha value is -1.88. The Morgan fingerprint density at radius 1 is 1.52 bits per heavy atom. The first kappa shape index (κ1) is 15.5. The highest BCUT2D eigenvalue weighted by atomic mass is 32.1. The van der Waals surface area contributed by atoms with E-state index >= 15 is 0 Å². The molecule has 0 spiro atoms. The highest BCUT2D eigenvalue weighted by Crippen LogP contribution is 2.34. The lowest BCUT2D eigenvalue weighted by molar-refractivity contribution is -0.136. The fourth-order valence-corrected chi connectivity index (χ4v) is 3.08. The first-order chi connectivity index (χ1) is 10.0. The molecule has 0 fully saturated rings. The quantitative estimate of drug-likeness (QED) is 0.634. The molecule has 0 bridgehead atoms. The minimum Gasteiger partial charge on any atom is -0.465 e. The standard InChI is InChI=1S/C16H19NO3S/c1-5-10(2)17-11(3)14(16(19)20-4)13(15(17)18)9-12-7-6-8-21-12/h6-10H,5H2,1-4H3/b13-9-/t10-/m1/s1. The Morgan fingerprint density at radius 2 is 2.24 bits per heavy atom. The van der Waals surface area contributed by atoms with Gasteiger partial charge in [-0.2, -0.15) is 0 Å². The monoisotopic (exact) mass is 305 g/mol. The maximum absolute atomic E-state index is 12.7. The zero-order valence-corrected chi connectivity index (χ0v) is 13.5. The predicted octanol–water partition coefficient (Wildman–Crippen LogP) is 3.22. The lowest BCUT2D eigenvalue weighted by Crippen LogP contribution is -2.33. The van der Waals surface area contributed by atoms with Crippen molar-refractivity contribution in [1.82, 2.24) is 4.90 Å². The van der Waals surface area contributed by atoms with Crippen molar-refractivity contribution in [2.75, 3.05) is 7.11 Å². The van der Waals surface area contributed by atoms with Crippen LogP contribution in [0.1, 0.15) is 32.1 Å². The lowest BCUT2D eigenvalue weighted by Gasteiger charge is -2.24. The Morgan fingerprint density at radius 3 is 2.76 bits per heavy atom. The third-order valence-electron chi connectivity index (χ3n) is 3.69. The molecule has 1 aromatic rings. The van der Waals surface area contributed by atoms with Gasteiger partial charge in [0.25, 0.3) is 5.91 Å². The molecule has 1 aliphatic rings. The van der Waals surface area contributed by atoms with Crippen LogP contribution < -0.4 is 0 Å². The number of hydrogen-bond acceptors (Lipinski definition) is 4. The zero-order chi connectivity index (χ0) is 15.6. The van der Waals surface area contributed by atoms with Gasteiger partial charge in [-0.3, -0.25) is 4.79 Å². The van der Waals surface area contributed by atoms with E-state index in [1.165, 1.54) is 18.4 Å². The van der Waals surface area contributed by atoms with Crippen LogP contribution in [0, 0.1) is 0 Å². The van der Waals surface area contributed by atoms with Gasteiger partial charge < -0.3 is 9.64 Å². The van der Waals surface area contributed by atoms with Crippen molar-refractivity contribution in [2.24, 2.45) is 0 Å². The van der Waals surface area contributed by atoms with Crippen molar-refractivity contribution in [1.29, 1.82) is 0 Å². The number of nitrogens with zero attached hydrogens (tertiary/aromatic N) is 1. The van der Waals surface area contributed by atoms with E-state index in [9.17, 15) is 9.59 Å². The van der Waals surface area contributed by atoms with E-state index in [0.717, 1.165) is 11.3 Å². The lowest BCUT2D eigenvalue weighted by atomic mass is 10.1. The molecule has 0 radical (unpaired) electrons. The van der Waals surface area contributed by atoms with E-state index < -0.39 is 5.97 Å². The number of amides is 1. The molecule has 1 amide bonds. The number of carbonyl (C=O) groups excluding carboxylic acids is 2. The molecule has 4 nitrogen and oxygen atoms in total. The molecule has 1 aliphatic heterocycles. The molecule has 0 aliphatic carbocycles. The topological polar surface area (TPSA) is 46.6 Å². The number of ether oxygens (including phenoxy) is 1. The van der Waals surface area contributed by atoms with Crippen LogP contribution in [0.15, 0.2) is 34.4 Å². The van der Waals surface area contributed by atoms with Gasteiger partial charge in [-0.05, 0) is 37.8 Å². The van der Waals surface area contributed by atoms with Crippen LogP contribution in [0.3, 0.4) is 0 Å². The fourth-order valence-electron chi connectivity index (χ4n) is 2.43. The molecule has 2 rings (SSSR count). The molecular weight excluding hydrogens is 286 g/mol. The van der Waals surface area contributed by atoms with Gasteiger partial charge in [-0.15, -0.1) is 11.3 Å². The first-order valence-electron chi connectivity index (χ1n) is 6.89. The summed E-state index contributed by atoms with van der Waals surface area (Å²) in [5, 5.41) is 1.94. The van der Waals surface area contributed by atoms with Crippen LogP contribution in [0.5, 0.6) is 0 Å². The molecule has 0 N–H and O–H groups in total. The molecule has 0 aromatic carbocycles. The van der Waals surface area contributed by atoms with E-state index in [2.05, 4.69) is 0 Å². The van der Waals surface area contributed by atoms with Crippen LogP contribution >= 0.6 is 11.3 Å². The minimum absolute atomic E-state index is 0.0476. The van der Waals surface area contributed by atoms with Gasteiger partial charge >= 0.3 is 5.97 Å². The SMILES string of the molecule is CC[C@@H](C)N1C(=O)/C(=C\c2cccs2)C(C(=O)OC)=C1C. The third-order valence-corrected chi connectivity index (χ3v) is 4.51. The third kappa shape index (κ3) is 2.78. The molecule has 5 heteroatoms. The van der Waals surface area contributed by atoms with Crippen LogP contribution in [0.2, 0.25) is 0 Å². The van der Waals surface area contributed by atoms with Crippen molar-refractivity contribution < 1.29 is 14.3 Å². The largest absolute Gasteiger partial charge is 0.465 e. The molecule has 0 unspecified atom stereocenters. The molecule has 0 saturated heterocycles. The highest BCUT2D eigenvalue weighted by Gasteiger charge is 2.38. The Labute approximate surface area is 128 Å². The molecule has 2 heterocycles. The van der Waals surface area contributed by atoms with Gasteiger partial charge in [-0.1, -0.05) is 13.0 Å². The Kier molecular flexibility index (Phi) is 4.63. The van der Waals surface area contributed by atoms with E-state index in [4.69, 9.17) is 4.74 Å². The fraction of sp³-hybridized carbons (Fsp3) is 0.375. The van der Waals surface area contributed by atoms with Crippen LogP contribution in [-0.4, -0.2) is 29.9 Å². The summed E-state index contributed by atoms with van der Waals surface area (Å²) in [7, 11) is 1.34. The van der Waals surface area contributed by atoms with Crippen molar-refractivity contribution in [3.8, 4) is 0 Å². The van der Waals surface area contributed by atoms with Crippen LogP contribution in [0.25, 0.3) is 6.08 Å². The summed E-state index contributed by atoms with van der Waals surface area (Å²) in [6, 6.07) is 3.88. The smallest absolute Gasteiger partial charge is 0.340 e. The number of thiophene rings is 1. The number of hydrogen-bond donors (Lipinski definition) is 0. The predicted molar refractivity (Wildman–Crippen MR) is 83.6 cm³/mol. The molecule has 1 aromatic heterocycles. The maximum Gasteiger partial charge on any atom is 0.340 e. The number of rotatable bonds is 4. The summed E-state index contributed by atoms with van der Waals surface area (Å²) in [6.45, 7) is 5.79. The van der Waals surface area contributed by atoms with Gasteiger partial charge in [0.1, 0.15) is 0 Å². The molecule has 0 saturated carbocycles. The molecule has 112 valence electrons. The first-order valence-corrected chi connectivity index (χ1v) is 7.77. The van der Waals surface area contributed by atoms with Crippen molar-refractivity contribution in [3.05, 3.63) is 39.2 Å². The Bertz CT molecular complexity index is 613. The highest BCUT2D eigenvalue weighted by molar-refractivity contribution is 7.10. The number of esters is 1. The second-order valence-corrected chi connectivity index (χ2v) is 5.94. The number of carbonyl (C=O) groups is 2. The van der Waals surface area contributed by atoms with Crippen molar-refractivity contribution in [3.63, 3.8) is 0 Å².